The summed E-state index contributed by atoms with van der Waals surface area (Å²) in [5.74, 6) is 0.903. The number of aliphatic hydroxyl groups excluding tert-OH is 2. The van der Waals surface area contributed by atoms with Gasteiger partial charge in [0.2, 0.25) is 0 Å². The summed E-state index contributed by atoms with van der Waals surface area (Å²) in [6.45, 7) is 4.11. The third-order valence-corrected chi connectivity index (χ3v) is 4.93. The van der Waals surface area contributed by atoms with Crippen LogP contribution in [0.1, 0.15) is 30.4 Å². The molecule has 4 nitrogen and oxygen atoms in total. The highest BCUT2D eigenvalue weighted by Crippen LogP contribution is 2.34. The molecule has 1 saturated heterocycles. The molecule has 0 aliphatic carbocycles. The minimum Gasteiger partial charge on any atom is -0.493 e. The molecule has 0 saturated carbocycles. The molecule has 2 N–H and O–H groups in total. The van der Waals surface area contributed by atoms with Gasteiger partial charge in [-0.3, -0.25) is 4.90 Å². The maximum absolute atomic E-state index is 10.7. The van der Waals surface area contributed by atoms with E-state index in [0.717, 1.165) is 29.8 Å². The van der Waals surface area contributed by atoms with Crippen molar-refractivity contribution in [2.75, 3.05) is 19.8 Å². The molecule has 4 heteroatoms. The maximum atomic E-state index is 10.7. The second kappa shape index (κ2) is 8.48. The topological polar surface area (TPSA) is 52.9 Å². The zero-order valence-corrected chi connectivity index (χ0v) is 14.7. The van der Waals surface area contributed by atoms with Crippen LogP contribution in [0.4, 0.5) is 0 Å². The van der Waals surface area contributed by atoms with E-state index in [1.165, 1.54) is 0 Å². The minimum absolute atomic E-state index is 0.0158. The zero-order valence-electron chi connectivity index (χ0n) is 14.7. The van der Waals surface area contributed by atoms with Gasteiger partial charge in [0.25, 0.3) is 0 Å². The van der Waals surface area contributed by atoms with Gasteiger partial charge in [-0.2, -0.15) is 0 Å². The fourth-order valence-electron chi connectivity index (χ4n) is 3.59. The number of hydrogen-bond acceptors (Lipinski definition) is 4. The molecule has 2 aromatic carbocycles. The van der Waals surface area contributed by atoms with Crippen LogP contribution in [0.25, 0.3) is 0 Å². The van der Waals surface area contributed by atoms with Crippen molar-refractivity contribution in [1.82, 2.24) is 4.90 Å². The second-order valence-electron chi connectivity index (χ2n) is 6.64. The second-order valence-corrected chi connectivity index (χ2v) is 6.64. The summed E-state index contributed by atoms with van der Waals surface area (Å²) in [7, 11) is 0. The Kier molecular flexibility index (Phi) is 6.08. The van der Waals surface area contributed by atoms with Crippen LogP contribution in [-0.4, -0.2) is 47.0 Å². The molecule has 1 fully saturated rings. The largest absolute Gasteiger partial charge is 0.493 e. The van der Waals surface area contributed by atoms with E-state index in [1.54, 1.807) is 0 Å². The number of aliphatic hydroxyl groups is 2. The van der Waals surface area contributed by atoms with Crippen LogP contribution in [0.3, 0.4) is 0 Å². The lowest BCUT2D eigenvalue weighted by molar-refractivity contribution is 0.0637. The predicted molar refractivity (Wildman–Crippen MR) is 98.7 cm³/mol. The molecule has 25 heavy (non-hydrogen) atoms. The SMILES string of the molecule is CCCOc1ccccc1CN1C[C@H](c2ccccc2)[C@@H](O)[C@H]1CO. The first-order valence-electron chi connectivity index (χ1n) is 9.03. The van der Waals surface area contributed by atoms with E-state index >= 15 is 0 Å². The van der Waals surface area contributed by atoms with Crippen molar-refractivity contribution in [2.45, 2.75) is 38.0 Å². The van der Waals surface area contributed by atoms with Crippen LogP contribution in [0, 0.1) is 0 Å². The predicted octanol–water partition coefficient (Wildman–Crippen LogP) is 2.80. The molecule has 2 aromatic rings. The average Bonchev–Trinajstić information content (AvgIpc) is 2.97. The number of nitrogens with zero attached hydrogens (tertiary/aromatic N) is 1. The quantitative estimate of drug-likeness (QED) is 0.813. The molecule has 0 aromatic heterocycles. The average molecular weight is 341 g/mol. The fraction of sp³-hybridized carbons (Fsp3) is 0.429. The van der Waals surface area contributed by atoms with Gasteiger partial charge in [-0.15, -0.1) is 0 Å². The Labute approximate surface area is 149 Å². The molecular weight excluding hydrogens is 314 g/mol. The van der Waals surface area contributed by atoms with Crippen LogP contribution in [0.5, 0.6) is 5.75 Å². The lowest BCUT2D eigenvalue weighted by Crippen LogP contribution is -2.38. The molecule has 0 unspecified atom stereocenters. The summed E-state index contributed by atoms with van der Waals surface area (Å²) >= 11 is 0. The van der Waals surface area contributed by atoms with E-state index in [2.05, 4.69) is 17.9 Å². The van der Waals surface area contributed by atoms with Gasteiger partial charge >= 0.3 is 0 Å². The Hall–Kier alpha value is -1.88. The summed E-state index contributed by atoms with van der Waals surface area (Å²) in [5, 5.41) is 20.6. The van der Waals surface area contributed by atoms with E-state index in [0.29, 0.717) is 13.2 Å². The van der Waals surface area contributed by atoms with Crippen molar-refractivity contribution in [3.8, 4) is 5.75 Å². The van der Waals surface area contributed by atoms with E-state index in [4.69, 9.17) is 4.74 Å². The van der Waals surface area contributed by atoms with Crippen molar-refractivity contribution in [1.29, 1.82) is 0 Å². The monoisotopic (exact) mass is 341 g/mol. The molecule has 1 heterocycles. The van der Waals surface area contributed by atoms with Crippen LogP contribution >= 0.6 is 0 Å². The summed E-state index contributed by atoms with van der Waals surface area (Å²) in [6, 6.07) is 17.8. The number of ether oxygens (including phenoxy) is 1. The Morgan fingerprint density at radius 3 is 2.52 bits per heavy atom. The van der Waals surface area contributed by atoms with Gasteiger partial charge in [-0.25, -0.2) is 0 Å². The summed E-state index contributed by atoms with van der Waals surface area (Å²) in [6.07, 6.45) is 0.391. The maximum Gasteiger partial charge on any atom is 0.123 e. The van der Waals surface area contributed by atoms with Crippen LogP contribution < -0.4 is 4.74 Å². The number of para-hydroxylation sites is 1. The molecule has 134 valence electrons. The van der Waals surface area contributed by atoms with Gasteiger partial charge in [-0.05, 0) is 18.1 Å². The first-order valence-corrected chi connectivity index (χ1v) is 9.03. The lowest BCUT2D eigenvalue weighted by Gasteiger charge is -2.25. The van der Waals surface area contributed by atoms with Crippen molar-refractivity contribution in [3.63, 3.8) is 0 Å². The van der Waals surface area contributed by atoms with Gasteiger partial charge in [0.1, 0.15) is 5.75 Å². The normalized spacial score (nSPS) is 23.7. The third-order valence-electron chi connectivity index (χ3n) is 4.93. The van der Waals surface area contributed by atoms with E-state index in [9.17, 15) is 10.2 Å². The van der Waals surface area contributed by atoms with Crippen LogP contribution in [-0.2, 0) is 6.54 Å². The van der Waals surface area contributed by atoms with Crippen LogP contribution in [0.15, 0.2) is 54.6 Å². The highest BCUT2D eigenvalue weighted by atomic mass is 16.5. The molecule has 0 radical (unpaired) electrons. The Morgan fingerprint density at radius 2 is 1.80 bits per heavy atom. The summed E-state index contributed by atoms with van der Waals surface area (Å²) < 4.78 is 5.85. The Morgan fingerprint density at radius 1 is 1.08 bits per heavy atom. The van der Waals surface area contributed by atoms with E-state index in [1.807, 2.05) is 48.5 Å². The molecule has 3 atom stereocenters. The first kappa shape index (κ1) is 17.9. The standard InChI is InChI=1S/C21H27NO3/c1-2-12-25-20-11-7-6-10-17(20)13-22-14-18(21(24)19(22)15-23)16-8-4-3-5-9-16/h3-11,18-19,21,23-24H,2,12-15H2,1H3/t18-,19-,21-/m1/s1. The minimum atomic E-state index is -0.573. The molecule has 0 amide bonds. The van der Waals surface area contributed by atoms with Gasteiger partial charge < -0.3 is 14.9 Å². The Balaban J connectivity index is 1.78. The molecule has 1 aliphatic rings. The fourth-order valence-corrected chi connectivity index (χ4v) is 3.59. The molecule has 0 bridgehead atoms. The number of rotatable bonds is 7. The van der Waals surface area contributed by atoms with Gasteiger partial charge in [0.15, 0.2) is 0 Å². The number of benzene rings is 2. The van der Waals surface area contributed by atoms with Gasteiger partial charge in [-0.1, -0.05) is 55.5 Å². The summed E-state index contributed by atoms with van der Waals surface area (Å²) in [4.78, 5) is 2.16. The van der Waals surface area contributed by atoms with Crippen LogP contribution in [0.2, 0.25) is 0 Å². The third kappa shape index (κ3) is 4.03. The molecule has 0 spiro atoms. The molecule has 3 rings (SSSR count). The number of hydrogen-bond donors (Lipinski definition) is 2. The van der Waals surface area contributed by atoms with Gasteiger partial charge in [0.05, 0.1) is 25.4 Å². The molecule has 1 aliphatic heterocycles. The summed E-state index contributed by atoms with van der Waals surface area (Å²) in [5.41, 5.74) is 2.21. The van der Waals surface area contributed by atoms with Crippen molar-refractivity contribution in [3.05, 3.63) is 65.7 Å². The number of likely N-dealkylation sites (tertiary alicyclic amines) is 1. The first-order chi connectivity index (χ1) is 12.2. The van der Waals surface area contributed by atoms with Crippen molar-refractivity contribution in [2.24, 2.45) is 0 Å². The Bertz CT molecular complexity index is 661. The lowest BCUT2D eigenvalue weighted by atomic mass is 9.94. The van der Waals surface area contributed by atoms with Crippen molar-refractivity contribution < 1.29 is 14.9 Å². The molecular formula is C21H27NO3. The van der Waals surface area contributed by atoms with E-state index in [-0.39, 0.29) is 18.6 Å². The highest BCUT2D eigenvalue weighted by Gasteiger charge is 2.41. The highest BCUT2D eigenvalue weighted by molar-refractivity contribution is 5.34. The zero-order chi connectivity index (χ0) is 17.6. The smallest absolute Gasteiger partial charge is 0.123 e. The van der Waals surface area contributed by atoms with Gasteiger partial charge in [0, 0.05) is 24.6 Å². The van der Waals surface area contributed by atoms with Crippen molar-refractivity contribution >= 4 is 0 Å². The van der Waals surface area contributed by atoms with E-state index < -0.39 is 6.10 Å².